The minimum absolute atomic E-state index is 0.220. The number of aryl methyl sites for hydroxylation is 1. The Morgan fingerprint density at radius 2 is 1.90 bits per heavy atom. The predicted octanol–water partition coefficient (Wildman–Crippen LogP) is 1.31. The lowest BCUT2D eigenvalue weighted by atomic mass is 10.1. The summed E-state index contributed by atoms with van der Waals surface area (Å²) < 4.78 is 24.4. The maximum atomic E-state index is 12.0. The molecule has 2 aromatic rings. The van der Waals surface area contributed by atoms with E-state index < -0.39 is 9.84 Å². The monoisotopic (exact) mass is 307 g/mol. The normalized spacial score (nSPS) is 12.9. The van der Waals surface area contributed by atoms with Gasteiger partial charge in [-0.15, -0.1) is 0 Å². The molecular weight excluding hydrogens is 290 g/mol. The third kappa shape index (κ3) is 3.69. The fourth-order valence-electron chi connectivity index (χ4n) is 1.91. The van der Waals surface area contributed by atoms with E-state index in [4.69, 9.17) is 0 Å². The smallest absolute Gasteiger partial charge is 0.254 e. The lowest BCUT2D eigenvalue weighted by Crippen LogP contribution is -2.26. The van der Waals surface area contributed by atoms with Gasteiger partial charge < -0.3 is 5.32 Å². The van der Waals surface area contributed by atoms with E-state index in [1.165, 1.54) is 18.3 Å². The Kier molecular flexibility index (Phi) is 4.13. The number of rotatable bonds is 4. The molecule has 0 fully saturated rings. The zero-order valence-electron chi connectivity index (χ0n) is 12.1. The number of carbonyl (C=O) groups is 1. The number of hydrogen-bond donors (Lipinski definition) is 1. The predicted molar refractivity (Wildman–Crippen MR) is 78.6 cm³/mol. The Labute approximate surface area is 123 Å². The Morgan fingerprint density at radius 3 is 2.38 bits per heavy atom. The van der Waals surface area contributed by atoms with Gasteiger partial charge in [-0.05, 0) is 24.6 Å². The second-order valence-electron chi connectivity index (χ2n) is 4.94. The SMILES string of the molecule is CC(NC(=O)c1cnn(C)c1)c1ccc(S(C)(=O)=O)cc1. The van der Waals surface area contributed by atoms with Crippen molar-refractivity contribution in [2.75, 3.05) is 6.26 Å². The zero-order chi connectivity index (χ0) is 15.6. The van der Waals surface area contributed by atoms with Crippen LogP contribution in [0.15, 0.2) is 41.6 Å². The minimum atomic E-state index is -3.21. The quantitative estimate of drug-likeness (QED) is 0.923. The van der Waals surface area contributed by atoms with Gasteiger partial charge >= 0.3 is 0 Å². The van der Waals surface area contributed by atoms with Crippen LogP contribution in [-0.4, -0.2) is 30.4 Å². The summed E-state index contributed by atoms with van der Waals surface area (Å²) in [5.41, 5.74) is 1.32. The molecule has 0 saturated carbocycles. The first-order valence-corrected chi connectivity index (χ1v) is 8.26. The van der Waals surface area contributed by atoms with Crippen molar-refractivity contribution < 1.29 is 13.2 Å². The fourth-order valence-corrected chi connectivity index (χ4v) is 2.54. The zero-order valence-corrected chi connectivity index (χ0v) is 12.9. The van der Waals surface area contributed by atoms with Gasteiger partial charge in [0, 0.05) is 19.5 Å². The van der Waals surface area contributed by atoms with E-state index in [0.717, 1.165) is 11.8 Å². The molecule has 1 unspecified atom stereocenters. The number of carbonyl (C=O) groups excluding carboxylic acids is 1. The van der Waals surface area contributed by atoms with Crippen LogP contribution in [0.5, 0.6) is 0 Å². The van der Waals surface area contributed by atoms with E-state index in [-0.39, 0.29) is 16.8 Å². The average molecular weight is 307 g/mol. The van der Waals surface area contributed by atoms with Gasteiger partial charge in [0.15, 0.2) is 9.84 Å². The van der Waals surface area contributed by atoms with Gasteiger partial charge in [-0.2, -0.15) is 5.10 Å². The van der Waals surface area contributed by atoms with Crippen LogP contribution in [0.4, 0.5) is 0 Å². The number of nitrogens with one attached hydrogen (secondary N) is 1. The van der Waals surface area contributed by atoms with E-state index in [9.17, 15) is 13.2 Å². The third-order valence-corrected chi connectivity index (χ3v) is 4.25. The van der Waals surface area contributed by atoms with Crippen LogP contribution < -0.4 is 5.32 Å². The maximum absolute atomic E-state index is 12.0. The van der Waals surface area contributed by atoms with E-state index >= 15 is 0 Å². The summed E-state index contributed by atoms with van der Waals surface area (Å²) >= 11 is 0. The molecule has 0 aliphatic heterocycles. The van der Waals surface area contributed by atoms with Gasteiger partial charge in [-0.1, -0.05) is 12.1 Å². The fraction of sp³-hybridized carbons (Fsp3) is 0.286. The highest BCUT2D eigenvalue weighted by atomic mass is 32.2. The molecule has 21 heavy (non-hydrogen) atoms. The molecule has 0 radical (unpaired) electrons. The van der Waals surface area contributed by atoms with Crippen LogP contribution in [0.3, 0.4) is 0 Å². The molecule has 1 amide bonds. The molecule has 7 heteroatoms. The van der Waals surface area contributed by atoms with Crippen LogP contribution in [0, 0.1) is 0 Å². The maximum Gasteiger partial charge on any atom is 0.254 e. The lowest BCUT2D eigenvalue weighted by molar-refractivity contribution is 0.0940. The third-order valence-electron chi connectivity index (χ3n) is 3.12. The van der Waals surface area contributed by atoms with Crippen molar-refractivity contribution in [2.24, 2.45) is 7.05 Å². The van der Waals surface area contributed by atoms with Gasteiger partial charge in [0.2, 0.25) is 0 Å². The summed E-state index contributed by atoms with van der Waals surface area (Å²) in [4.78, 5) is 12.3. The molecular formula is C14H17N3O3S. The second kappa shape index (κ2) is 5.69. The van der Waals surface area contributed by atoms with Crippen molar-refractivity contribution in [1.82, 2.24) is 15.1 Å². The second-order valence-corrected chi connectivity index (χ2v) is 6.95. The highest BCUT2D eigenvalue weighted by Gasteiger charge is 2.14. The van der Waals surface area contributed by atoms with E-state index in [1.54, 1.807) is 30.1 Å². The van der Waals surface area contributed by atoms with E-state index in [1.807, 2.05) is 6.92 Å². The number of benzene rings is 1. The topological polar surface area (TPSA) is 81.1 Å². The van der Waals surface area contributed by atoms with Crippen molar-refractivity contribution in [3.05, 3.63) is 47.8 Å². The molecule has 1 heterocycles. The Balaban J connectivity index is 2.10. The summed E-state index contributed by atoms with van der Waals surface area (Å²) in [7, 11) is -1.47. The number of amides is 1. The van der Waals surface area contributed by atoms with Crippen molar-refractivity contribution >= 4 is 15.7 Å². The molecule has 0 bridgehead atoms. The van der Waals surface area contributed by atoms with Gasteiger partial charge in [-0.25, -0.2) is 8.42 Å². The first kappa shape index (κ1) is 15.2. The summed E-state index contributed by atoms with van der Waals surface area (Å²) in [5.74, 6) is -0.220. The molecule has 1 atom stereocenters. The Hall–Kier alpha value is -2.15. The van der Waals surface area contributed by atoms with Crippen LogP contribution in [0.1, 0.15) is 28.9 Å². The number of nitrogens with zero attached hydrogens (tertiary/aromatic N) is 2. The highest BCUT2D eigenvalue weighted by molar-refractivity contribution is 7.90. The molecule has 2 rings (SSSR count). The van der Waals surface area contributed by atoms with Gasteiger partial charge in [-0.3, -0.25) is 9.48 Å². The largest absolute Gasteiger partial charge is 0.345 e. The average Bonchev–Trinajstić information content (AvgIpc) is 2.84. The van der Waals surface area contributed by atoms with Gasteiger partial charge in [0.05, 0.1) is 22.7 Å². The van der Waals surface area contributed by atoms with Crippen molar-refractivity contribution in [3.63, 3.8) is 0 Å². The number of sulfone groups is 1. The lowest BCUT2D eigenvalue weighted by Gasteiger charge is -2.14. The van der Waals surface area contributed by atoms with Crippen LogP contribution in [0.2, 0.25) is 0 Å². The molecule has 1 N–H and O–H groups in total. The van der Waals surface area contributed by atoms with Crippen molar-refractivity contribution in [3.8, 4) is 0 Å². The summed E-state index contributed by atoms with van der Waals surface area (Å²) in [5, 5.41) is 6.79. The van der Waals surface area contributed by atoms with Crippen molar-refractivity contribution in [1.29, 1.82) is 0 Å². The molecule has 0 aliphatic carbocycles. The minimum Gasteiger partial charge on any atom is -0.345 e. The first-order valence-electron chi connectivity index (χ1n) is 6.37. The summed E-state index contributed by atoms with van der Waals surface area (Å²) in [6, 6.07) is 6.25. The number of aromatic nitrogens is 2. The van der Waals surface area contributed by atoms with E-state index in [2.05, 4.69) is 10.4 Å². The van der Waals surface area contributed by atoms with Crippen molar-refractivity contribution in [2.45, 2.75) is 17.9 Å². The standard InChI is InChI=1S/C14H17N3O3S/c1-10(16-14(18)12-8-15-17(2)9-12)11-4-6-13(7-5-11)21(3,19)20/h4-10H,1-3H3,(H,16,18). The Bertz CT molecular complexity index is 748. The van der Waals surface area contributed by atoms with Crippen LogP contribution in [-0.2, 0) is 16.9 Å². The first-order chi connectivity index (χ1) is 9.77. The molecule has 0 aliphatic rings. The molecule has 0 saturated heterocycles. The van der Waals surface area contributed by atoms with Gasteiger partial charge in [0.25, 0.3) is 5.91 Å². The molecule has 1 aromatic carbocycles. The highest BCUT2D eigenvalue weighted by Crippen LogP contribution is 2.16. The van der Waals surface area contributed by atoms with E-state index in [0.29, 0.717) is 5.56 Å². The molecule has 1 aromatic heterocycles. The van der Waals surface area contributed by atoms with Crippen LogP contribution >= 0.6 is 0 Å². The molecule has 112 valence electrons. The van der Waals surface area contributed by atoms with Gasteiger partial charge in [0.1, 0.15) is 0 Å². The van der Waals surface area contributed by atoms with Crippen LogP contribution in [0.25, 0.3) is 0 Å². The Morgan fingerprint density at radius 1 is 1.29 bits per heavy atom. The summed E-state index contributed by atoms with van der Waals surface area (Å²) in [6.07, 6.45) is 4.29. The number of hydrogen-bond acceptors (Lipinski definition) is 4. The molecule has 0 spiro atoms. The molecule has 6 nitrogen and oxygen atoms in total. The summed E-state index contributed by atoms with van der Waals surface area (Å²) in [6.45, 7) is 1.84.